The van der Waals surface area contributed by atoms with Crippen molar-refractivity contribution in [1.29, 1.82) is 0 Å². The predicted molar refractivity (Wildman–Crippen MR) is 142 cm³/mol. The Hall–Kier alpha value is -2.28. The maximum Gasteiger partial charge on any atom is 0.322 e. The molecule has 1 saturated carbocycles. The monoisotopic (exact) mass is 516 g/mol. The van der Waals surface area contributed by atoms with E-state index in [1.165, 1.54) is 12.0 Å². The van der Waals surface area contributed by atoms with Gasteiger partial charge in [0.2, 0.25) is 5.91 Å². The van der Waals surface area contributed by atoms with E-state index in [1.54, 1.807) is 18.2 Å². The summed E-state index contributed by atoms with van der Waals surface area (Å²) in [4.78, 5) is 32.4. The smallest absolute Gasteiger partial charge is 0.322 e. The van der Waals surface area contributed by atoms with E-state index in [0.29, 0.717) is 28.7 Å². The highest BCUT2D eigenvalue weighted by molar-refractivity contribution is 6.36. The van der Waals surface area contributed by atoms with Crippen molar-refractivity contribution in [3.8, 4) is 0 Å². The normalized spacial score (nSPS) is 17.3. The number of amides is 3. The second kappa shape index (κ2) is 12.6. The maximum absolute atomic E-state index is 13.2. The Kier molecular flexibility index (Phi) is 9.30. The summed E-state index contributed by atoms with van der Waals surface area (Å²) < 4.78 is 0. The van der Waals surface area contributed by atoms with E-state index < -0.39 is 0 Å². The van der Waals surface area contributed by atoms with Crippen LogP contribution in [0.1, 0.15) is 44.1 Å². The molecular weight excluding hydrogens is 483 g/mol. The number of urea groups is 1. The number of halogens is 2. The van der Waals surface area contributed by atoms with Gasteiger partial charge in [-0.15, -0.1) is 0 Å². The molecule has 35 heavy (non-hydrogen) atoms. The lowest BCUT2D eigenvalue weighted by Crippen LogP contribution is -2.50. The molecule has 0 aromatic heterocycles. The number of nitrogens with zero attached hydrogens (tertiary/aromatic N) is 3. The number of hydrogen-bond acceptors (Lipinski definition) is 3. The molecular formula is C27H34Cl2N4O2. The molecule has 0 unspecified atom stereocenters. The topological polar surface area (TPSA) is 55.9 Å². The molecule has 188 valence electrons. The first-order valence-corrected chi connectivity index (χ1v) is 13.3. The summed E-state index contributed by atoms with van der Waals surface area (Å²) in [7, 11) is 0. The summed E-state index contributed by atoms with van der Waals surface area (Å²) in [6.07, 6.45) is 5.67. The summed E-state index contributed by atoms with van der Waals surface area (Å²) in [5.41, 5.74) is 1.82. The van der Waals surface area contributed by atoms with Crippen LogP contribution in [-0.4, -0.2) is 65.4 Å². The third-order valence-corrected chi connectivity index (χ3v) is 7.54. The number of carbonyl (C=O) groups excluding carboxylic acids is 2. The Labute approximate surface area is 218 Å². The fourth-order valence-electron chi connectivity index (χ4n) is 4.99. The average Bonchev–Trinajstić information content (AvgIpc) is 2.87. The van der Waals surface area contributed by atoms with Gasteiger partial charge in [-0.1, -0.05) is 72.8 Å². The molecule has 3 amide bonds. The Morgan fingerprint density at radius 3 is 2.34 bits per heavy atom. The van der Waals surface area contributed by atoms with E-state index in [-0.39, 0.29) is 18.0 Å². The summed E-state index contributed by atoms with van der Waals surface area (Å²) in [6.45, 7) is 4.49. The van der Waals surface area contributed by atoms with Gasteiger partial charge in [0.15, 0.2) is 0 Å². The summed E-state index contributed by atoms with van der Waals surface area (Å²) in [5.74, 6) is 0.113. The highest BCUT2D eigenvalue weighted by Gasteiger charge is 2.28. The second-order valence-electron chi connectivity index (χ2n) is 9.43. The van der Waals surface area contributed by atoms with Gasteiger partial charge in [0.05, 0.1) is 10.7 Å². The van der Waals surface area contributed by atoms with Crippen molar-refractivity contribution in [3.63, 3.8) is 0 Å². The van der Waals surface area contributed by atoms with Gasteiger partial charge in [-0.05, 0) is 36.6 Å². The zero-order valence-electron chi connectivity index (χ0n) is 20.1. The van der Waals surface area contributed by atoms with Gasteiger partial charge in [0.25, 0.3) is 0 Å². The summed E-state index contributed by atoms with van der Waals surface area (Å²) in [6, 6.07) is 15.4. The first kappa shape index (κ1) is 25.8. The molecule has 1 heterocycles. The van der Waals surface area contributed by atoms with Crippen LogP contribution in [0.25, 0.3) is 0 Å². The maximum atomic E-state index is 13.2. The molecule has 0 radical (unpaired) electrons. The molecule has 4 rings (SSSR count). The van der Waals surface area contributed by atoms with Crippen LogP contribution in [0, 0.1) is 0 Å². The summed E-state index contributed by atoms with van der Waals surface area (Å²) >= 11 is 12.3. The van der Waals surface area contributed by atoms with Gasteiger partial charge in [-0.2, -0.15) is 0 Å². The highest BCUT2D eigenvalue weighted by atomic mass is 35.5. The molecule has 8 heteroatoms. The number of benzene rings is 2. The van der Waals surface area contributed by atoms with Crippen molar-refractivity contribution in [1.82, 2.24) is 14.7 Å². The molecule has 1 aliphatic heterocycles. The third-order valence-electron chi connectivity index (χ3n) is 6.99. The molecule has 2 aromatic rings. The first-order valence-electron chi connectivity index (χ1n) is 12.6. The largest absolute Gasteiger partial charge is 0.340 e. The quantitative estimate of drug-likeness (QED) is 0.498. The van der Waals surface area contributed by atoms with Crippen LogP contribution in [0.2, 0.25) is 10.0 Å². The minimum atomic E-state index is -0.207. The molecule has 2 aliphatic rings. The van der Waals surface area contributed by atoms with Crippen LogP contribution in [0.3, 0.4) is 0 Å². The first-order chi connectivity index (χ1) is 17.0. The number of rotatable bonds is 7. The van der Waals surface area contributed by atoms with Crippen molar-refractivity contribution >= 4 is 40.8 Å². The standard InChI is InChI=1S/C27H34Cl2N4O2/c28-22-11-12-25(24(29)19-22)30-27(35)33(23-9-5-2-6-10-23)14-13-26(34)32-17-15-31(16-18-32)20-21-7-3-1-4-8-21/h1,3-4,7-8,11-12,19,23H,2,5-6,9-10,13-18,20H2,(H,30,35). The van der Waals surface area contributed by atoms with Gasteiger partial charge in [-0.25, -0.2) is 4.79 Å². The van der Waals surface area contributed by atoms with Crippen molar-refractivity contribution in [2.45, 2.75) is 51.1 Å². The molecule has 1 N–H and O–H groups in total. The lowest BCUT2D eigenvalue weighted by atomic mass is 9.94. The van der Waals surface area contributed by atoms with E-state index in [9.17, 15) is 9.59 Å². The molecule has 0 bridgehead atoms. The molecule has 2 fully saturated rings. The highest BCUT2D eigenvalue weighted by Crippen LogP contribution is 2.28. The van der Waals surface area contributed by atoms with Crippen molar-refractivity contribution in [3.05, 3.63) is 64.1 Å². The van der Waals surface area contributed by atoms with Gasteiger partial charge in [0, 0.05) is 56.8 Å². The number of piperazine rings is 1. The number of anilines is 1. The number of nitrogens with one attached hydrogen (secondary N) is 1. The van der Waals surface area contributed by atoms with Crippen LogP contribution in [0.15, 0.2) is 48.5 Å². The second-order valence-corrected chi connectivity index (χ2v) is 10.3. The van der Waals surface area contributed by atoms with Crippen molar-refractivity contribution in [2.24, 2.45) is 0 Å². The number of carbonyl (C=O) groups is 2. The SMILES string of the molecule is O=C(CCN(C(=O)Nc1ccc(Cl)cc1Cl)C1CCCCC1)N1CCN(Cc2ccccc2)CC1. The van der Waals surface area contributed by atoms with Crippen LogP contribution in [0.4, 0.5) is 10.5 Å². The van der Waals surface area contributed by atoms with E-state index in [0.717, 1.165) is 58.4 Å². The summed E-state index contributed by atoms with van der Waals surface area (Å²) in [5, 5.41) is 3.85. The van der Waals surface area contributed by atoms with E-state index in [1.807, 2.05) is 15.9 Å². The lowest BCUT2D eigenvalue weighted by Gasteiger charge is -2.37. The van der Waals surface area contributed by atoms with Crippen LogP contribution in [0.5, 0.6) is 0 Å². The molecule has 1 aliphatic carbocycles. The number of hydrogen-bond donors (Lipinski definition) is 1. The van der Waals surface area contributed by atoms with Crippen LogP contribution in [-0.2, 0) is 11.3 Å². The van der Waals surface area contributed by atoms with Crippen molar-refractivity contribution in [2.75, 3.05) is 38.0 Å². The lowest BCUT2D eigenvalue weighted by molar-refractivity contribution is -0.133. The Morgan fingerprint density at radius 1 is 0.943 bits per heavy atom. The van der Waals surface area contributed by atoms with Crippen LogP contribution >= 0.6 is 23.2 Å². The Bertz CT molecular complexity index is 990. The Balaban J connectivity index is 1.31. The van der Waals surface area contributed by atoms with Gasteiger partial charge < -0.3 is 15.1 Å². The molecule has 2 aromatic carbocycles. The predicted octanol–water partition coefficient (Wildman–Crippen LogP) is 5.89. The van der Waals surface area contributed by atoms with Gasteiger partial charge in [-0.3, -0.25) is 9.69 Å². The van der Waals surface area contributed by atoms with E-state index in [2.05, 4.69) is 34.5 Å². The zero-order chi connectivity index (χ0) is 24.6. The fourth-order valence-corrected chi connectivity index (χ4v) is 5.45. The van der Waals surface area contributed by atoms with Gasteiger partial charge >= 0.3 is 6.03 Å². The molecule has 0 atom stereocenters. The Morgan fingerprint density at radius 2 is 1.66 bits per heavy atom. The average molecular weight is 518 g/mol. The minimum absolute atomic E-state index is 0.113. The third kappa shape index (κ3) is 7.35. The van der Waals surface area contributed by atoms with Crippen molar-refractivity contribution < 1.29 is 9.59 Å². The van der Waals surface area contributed by atoms with E-state index in [4.69, 9.17) is 23.2 Å². The van der Waals surface area contributed by atoms with Gasteiger partial charge in [0.1, 0.15) is 0 Å². The fraction of sp³-hybridized carbons (Fsp3) is 0.481. The molecule has 1 saturated heterocycles. The minimum Gasteiger partial charge on any atom is -0.340 e. The van der Waals surface area contributed by atoms with E-state index >= 15 is 0 Å². The zero-order valence-corrected chi connectivity index (χ0v) is 21.6. The van der Waals surface area contributed by atoms with Crippen LogP contribution < -0.4 is 5.32 Å². The molecule has 0 spiro atoms. The molecule has 6 nitrogen and oxygen atoms in total.